The Morgan fingerprint density at radius 3 is 2.59 bits per heavy atom. The van der Waals surface area contributed by atoms with Gasteiger partial charge in [0.15, 0.2) is 0 Å². The summed E-state index contributed by atoms with van der Waals surface area (Å²) in [5.74, 6) is -0.209. The van der Waals surface area contributed by atoms with Crippen molar-refractivity contribution in [3.8, 4) is 0 Å². The Balaban J connectivity index is 0.00000176. The fraction of sp³-hybridized carbons (Fsp3) is 0.176. The van der Waals surface area contributed by atoms with Crippen molar-refractivity contribution in [1.29, 1.82) is 0 Å². The Labute approximate surface area is 135 Å². The average molecular weight is 318 g/mol. The maximum absolute atomic E-state index is 12.9. The van der Waals surface area contributed by atoms with Gasteiger partial charge >= 0.3 is 0 Å². The zero-order chi connectivity index (χ0) is 14.7. The highest BCUT2D eigenvalue weighted by atomic mass is 35.5. The zero-order valence-corrected chi connectivity index (χ0v) is 13.0. The van der Waals surface area contributed by atoms with E-state index in [4.69, 9.17) is 0 Å². The van der Waals surface area contributed by atoms with Crippen molar-refractivity contribution >= 4 is 0 Å². The van der Waals surface area contributed by atoms with Crippen LogP contribution in [0.5, 0.6) is 0 Å². The summed E-state index contributed by atoms with van der Waals surface area (Å²) in [6.45, 7) is 3.52. The molecule has 3 aromatic rings. The molecule has 0 saturated heterocycles. The molecule has 0 unspecified atom stereocenters. The lowest BCUT2D eigenvalue weighted by Crippen LogP contribution is -3.00. The molecule has 3 nitrogen and oxygen atoms in total. The zero-order valence-electron chi connectivity index (χ0n) is 12.3. The lowest BCUT2D eigenvalue weighted by molar-refractivity contribution is -0.689. The van der Waals surface area contributed by atoms with E-state index >= 15 is 0 Å². The highest BCUT2D eigenvalue weighted by Gasteiger charge is 2.07. The van der Waals surface area contributed by atoms with Crippen LogP contribution >= 0.6 is 0 Å². The number of aromatic nitrogens is 3. The highest BCUT2D eigenvalue weighted by molar-refractivity contribution is 5.22. The smallest absolute Gasteiger partial charge is 0.265 e. The quantitative estimate of drug-likeness (QED) is 0.607. The molecule has 0 N–H and O–H groups in total. The summed E-state index contributed by atoms with van der Waals surface area (Å²) in [6.07, 6.45) is 3.75. The van der Waals surface area contributed by atoms with Gasteiger partial charge in [0.2, 0.25) is 6.33 Å². The van der Waals surface area contributed by atoms with Crippen molar-refractivity contribution in [3.63, 3.8) is 0 Å². The topological polar surface area (TPSA) is 21.7 Å². The van der Waals surface area contributed by atoms with Crippen molar-refractivity contribution in [3.05, 3.63) is 83.7 Å². The lowest BCUT2D eigenvalue weighted by atomic mass is 10.1. The summed E-state index contributed by atoms with van der Waals surface area (Å²) in [6, 6.07) is 14.9. The van der Waals surface area contributed by atoms with Crippen molar-refractivity contribution in [2.45, 2.75) is 20.0 Å². The number of rotatable bonds is 4. The van der Waals surface area contributed by atoms with E-state index in [1.165, 1.54) is 23.3 Å². The standard InChI is InChI=1S/C17H17FN3.ClH/c1-14-3-2-4-16(9-14)11-21-13-20(12-19-21)10-15-5-7-17(18)8-6-15;/h2-9,12-13H,10-11H2,1H3;1H/q+1;/p-1. The van der Waals surface area contributed by atoms with E-state index in [1.807, 2.05) is 15.6 Å². The van der Waals surface area contributed by atoms with Gasteiger partial charge in [0.05, 0.1) is 6.54 Å². The second-order valence-corrected chi connectivity index (χ2v) is 5.23. The molecule has 0 aliphatic heterocycles. The Hall–Kier alpha value is -2.20. The first-order valence-corrected chi connectivity index (χ1v) is 6.90. The van der Waals surface area contributed by atoms with Crippen molar-refractivity contribution in [1.82, 2.24) is 9.78 Å². The fourth-order valence-corrected chi connectivity index (χ4v) is 2.32. The number of benzene rings is 2. The third kappa shape index (κ3) is 4.15. The van der Waals surface area contributed by atoms with Crippen molar-refractivity contribution < 1.29 is 21.4 Å². The first kappa shape index (κ1) is 16.2. The number of hydrogen-bond acceptors (Lipinski definition) is 1. The molecule has 2 aromatic carbocycles. The molecule has 0 bridgehead atoms. The van der Waals surface area contributed by atoms with Gasteiger partial charge in [-0.15, -0.1) is 4.68 Å². The minimum Gasteiger partial charge on any atom is -1.00 e. The lowest BCUT2D eigenvalue weighted by Gasteiger charge is -1.99. The normalized spacial score (nSPS) is 10.3. The molecule has 0 fully saturated rings. The van der Waals surface area contributed by atoms with Gasteiger partial charge in [0, 0.05) is 5.10 Å². The molecule has 22 heavy (non-hydrogen) atoms. The predicted molar refractivity (Wildman–Crippen MR) is 78.2 cm³/mol. The van der Waals surface area contributed by atoms with Gasteiger partial charge in [0.25, 0.3) is 6.33 Å². The average Bonchev–Trinajstić information content (AvgIpc) is 2.89. The molecule has 0 amide bonds. The van der Waals surface area contributed by atoms with E-state index in [0.717, 1.165) is 12.1 Å². The minimum atomic E-state index is -0.209. The van der Waals surface area contributed by atoms with Crippen LogP contribution in [-0.4, -0.2) is 9.78 Å². The SMILES string of the molecule is Cc1cccc(Cn2c[n+](Cc3ccc(F)cc3)cn2)c1.[Cl-]. The second kappa shape index (κ2) is 7.18. The van der Waals surface area contributed by atoms with E-state index < -0.39 is 0 Å². The molecule has 5 heteroatoms. The molecular formula is C17H17ClFN3. The summed E-state index contributed by atoms with van der Waals surface area (Å²) < 4.78 is 16.8. The van der Waals surface area contributed by atoms with Crippen LogP contribution in [0.15, 0.2) is 61.2 Å². The third-order valence-electron chi connectivity index (χ3n) is 3.34. The van der Waals surface area contributed by atoms with E-state index in [2.05, 4.69) is 36.3 Å². The molecular weight excluding hydrogens is 301 g/mol. The molecule has 0 atom stereocenters. The molecule has 0 spiro atoms. The van der Waals surface area contributed by atoms with Gasteiger partial charge in [0.1, 0.15) is 12.4 Å². The molecule has 3 rings (SSSR count). The van der Waals surface area contributed by atoms with E-state index in [9.17, 15) is 4.39 Å². The summed E-state index contributed by atoms with van der Waals surface area (Å²) in [5.41, 5.74) is 3.53. The molecule has 0 aliphatic carbocycles. The summed E-state index contributed by atoms with van der Waals surface area (Å²) in [5, 5.41) is 4.36. The van der Waals surface area contributed by atoms with Gasteiger partial charge < -0.3 is 12.4 Å². The Kier molecular flexibility index (Phi) is 5.28. The predicted octanol–water partition coefficient (Wildman–Crippen LogP) is -0.281. The summed E-state index contributed by atoms with van der Waals surface area (Å²) in [4.78, 5) is 0. The van der Waals surface area contributed by atoms with Gasteiger partial charge in [-0.05, 0) is 30.2 Å². The Morgan fingerprint density at radius 2 is 1.86 bits per heavy atom. The van der Waals surface area contributed by atoms with E-state index in [0.29, 0.717) is 6.54 Å². The molecule has 1 heterocycles. The summed E-state index contributed by atoms with van der Waals surface area (Å²) in [7, 11) is 0. The first-order chi connectivity index (χ1) is 10.2. The number of halogens is 2. The monoisotopic (exact) mass is 317 g/mol. The molecule has 0 saturated carbocycles. The maximum atomic E-state index is 12.9. The van der Waals surface area contributed by atoms with Crippen LogP contribution in [0, 0.1) is 12.7 Å². The molecule has 0 radical (unpaired) electrons. The van der Waals surface area contributed by atoms with Gasteiger partial charge in [-0.2, -0.15) is 0 Å². The minimum absolute atomic E-state index is 0. The van der Waals surface area contributed by atoms with E-state index in [-0.39, 0.29) is 18.2 Å². The molecule has 1 aromatic heterocycles. The maximum Gasteiger partial charge on any atom is 0.265 e. The van der Waals surface area contributed by atoms with E-state index in [1.54, 1.807) is 18.5 Å². The Bertz CT molecular complexity index is 738. The second-order valence-electron chi connectivity index (χ2n) is 5.23. The highest BCUT2D eigenvalue weighted by Crippen LogP contribution is 2.05. The van der Waals surface area contributed by atoms with Crippen LogP contribution in [0.4, 0.5) is 4.39 Å². The van der Waals surface area contributed by atoms with Crippen LogP contribution in [0.25, 0.3) is 0 Å². The Morgan fingerprint density at radius 1 is 1.09 bits per heavy atom. The molecule has 114 valence electrons. The number of nitrogens with zero attached hydrogens (tertiary/aromatic N) is 3. The fourth-order valence-electron chi connectivity index (χ4n) is 2.32. The van der Waals surface area contributed by atoms with Crippen LogP contribution < -0.4 is 17.0 Å². The number of hydrogen-bond donors (Lipinski definition) is 0. The van der Waals surface area contributed by atoms with Gasteiger partial charge in [-0.1, -0.05) is 42.0 Å². The van der Waals surface area contributed by atoms with Crippen LogP contribution in [0.3, 0.4) is 0 Å². The molecule has 0 aliphatic rings. The van der Waals surface area contributed by atoms with Crippen molar-refractivity contribution in [2.75, 3.05) is 0 Å². The third-order valence-corrected chi connectivity index (χ3v) is 3.34. The summed E-state index contributed by atoms with van der Waals surface area (Å²) >= 11 is 0. The first-order valence-electron chi connectivity index (χ1n) is 6.90. The van der Waals surface area contributed by atoms with Gasteiger partial charge in [-0.25, -0.2) is 8.96 Å². The largest absolute Gasteiger partial charge is 1.00 e. The van der Waals surface area contributed by atoms with Crippen LogP contribution in [0.2, 0.25) is 0 Å². The van der Waals surface area contributed by atoms with Crippen LogP contribution in [0.1, 0.15) is 16.7 Å². The van der Waals surface area contributed by atoms with Gasteiger partial charge in [-0.3, -0.25) is 0 Å². The van der Waals surface area contributed by atoms with Crippen molar-refractivity contribution in [2.24, 2.45) is 0 Å². The van der Waals surface area contributed by atoms with Crippen LogP contribution in [-0.2, 0) is 13.1 Å². The number of aryl methyl sites for hydroxylation is 1.